The van der Waals surface area contributed by atoms with Gasteiger partial charge in [-0.3, -0.25) is 4.57 Å². The number of rotatable bonds is 2. The van der Waals surface area contributed by atoms with E-state index in [1.165, 1.54) is 6.07 Å². The zero-order chi connectivity index (χ0) is 15.1. The summed E-state index contributed by atoms with van der Waals surface area (Å²) in [4.78, 5) is 2.97. The van der Waals surface area contributed by atoms with Crippen molar-refractivity contribution in [2.24, 2.45) is 0 Å². The van der Waals surface area contributed by atoms with Crippen LogP contribution in [-0.4, -0.2) is 16.7 Å². The number of ether oxygens (including phenoxy) is 1. The van der Waals surface area contributed by atoms with E-state index in [4.69, 9.17) is 28.6 Å². The molecule has 0 amide bonds. The van der Waals surface area contributed by atoms with E-state index in [1.54, 1.807) is 17.7 Å². The number of fused-ring (bicyclic) bond motifs is 1. The van der Waals surface area contributed by atoms with Crippen molar-refractivity contribution in [3.63, 3.8) is 0 Å². The van der Waals surface area contributed by atoms with Gasteiger partial charge in [0.15, 0.2) is 4.77 Å². The molecular weight excluding hydrogens is 379 g/mol. The number of aromatic amines is 1. The predicted octanol–water partition coefficient (Wildman–Crippen LogP) is 5.25. The van der Waals surface area contributed by atoms with Crippen molar-refractivity contribution >= 4 is 50.8 Å². The molecule has 3 rings (SSSR count). The van der Waals surface area contributed by atoms with Crippen LogP contribution >= 0.6 is 39.7 Å². The number of nitrogens with one attached hydrogen (secondary N) is 1. The van der Waals surface area contributed by atoms with Gasteiger partial charge in [0.2, 0.25) is 0 Å². The van der Waals surface area contributed by atoms with E-state index in [1.807, 2.05) is 18.2 Å². The van der Waals surface area contributed by atoms with Gasteiger partial charge in [-0.05, 0) is 52.4 Å². The summed E-state index contributed by atoms with van der Waals surface area (Å²) < 4.78 is 21.8. The molecule has 1 heterocycles. The van der Waals surface area contributed by atoms with Gasteiger partial charge in [0.25, 0.3) is 0 Å². The van der Waals surface area contributed by atoms with Crippen LogP contribution in [0.3, 0.4) is 0 Å². The van der Waals surface area contributed by atoms with Crippen molar-refractivity contribution in [1.29, 1.82) is 0 Å². The number of H-pyrrole nitrogens is 1. The lowest BCUT2D eigenvalue weighted by molar-refractivity contribution is 0.412. The second-order valence-corrected chi connectivity index (χ2v) is 6.02. The number of hydrogen-bond donors (Lipinski definition) is 1. The summed E-state index contributed by atoms with van der Waals surface area (Å²) in [5.41, 5.74) is 2.12. The van der Waals surface area contributed by atoms with Gasteiger partial charge in [-0.15, -0.1) is 0 Å². The van der Waals surface area contributed by atoms with E-state index < -0.39 is 5.82 Å². The summed E-state index contributed by atoms with van der Waals surface area (Å²) in [5.74, 6) is 0.234. The molecule has 1 N–H and O–H groups in total. The molecule has 0 unspecified atom stereocenters. The second-order valence-electron chi connectivity index (χ2n) is 4.37. The Balaban J connectivity index is 2.29. The molecule has 0 radical (unpaired) electrons. The number of aromatic nitrogens is 2. The minimum Gasteiger partial charge on any atom is -0.496 e. The van der Waals surface area contributed by atoms with Crippen LogP contribution in [0.4, 0.5) is 4.39 Å². The number of methoxy groups -OCH3 is 1. The minimum atomic E-state index is -0.483. The molecule has 0 aliphatic carbocycles. The first kappa shape index (κ1) is 14.6. The first-order valence-electron chi connectivity index (χ1n) is 5.95. The lowest BCUT2D eigenvalue weighted by Gasteiger charge is -2.08. The number of halogens is 3. The molecule has 0 fully saturated rings. The third-order valence-electron chi connectivity index (χ3n) is 3.12. The first-order valence-corrected chi connectivity index (χ1v) is 7.53. The van der Waals surface area contributed by atoms with Gasteiger partial charge in [0.05, 0.1) is 27.6 Å². The molecule has 0 saturated heterocycles. The van der Waals surface area contributed by atoms with Crippen LogP contribution in [0.1, 0.15) is 0 Å². The fourth-order valence-corrected chi connectivity index (χ4v) is 3.15. The number of hydrogen-bond acceptors (Lipinski definition) is 2. The molecule has 108 valence electrons. The van der Waals surface area contributed by atoms with E-state index >= 15 is 0 Å². The van der Waals surface area contributed by atoms with Crippen molar-refractivity contribution in [3.8, 4) is 11.4 Å². The van der Waals surface area contributed by atoms with Crippen LogP contribution in [0.2, 0.25) is 5.02 Å². The summed E-state index contributed by atoms with van der Waals surface area (Å²) in [6.45, 7) is 0. The van der Waals surface area contributed by atoms with E-state index in [2.05, 4.69) is 20.9 Å². The molecule has 0 aliphatic heterocycles. The van der Waals surface area contributed by atoms with Gasteiger partial charge in [-0.2, -0.15) is 0 Å². The van der Waals surface area contributed by atoms with Crippen LogP contribution in [-0.2, 0) is 0 Å². The highest BCUT2D eigenvalue weighted by molar-refractivity contribution is 9.10. The zero-order valence-corrected chi connectivity index (χ0v) is 13.9. The molecule has 0 aliphatic rings. The molecule has 3 aromatic rings. The van der Waals surface area contributed by atoms with Crippen molar-refractivity contribution in [2.45, 2.75) is 0 Å². The van der Waals surface area contributed by atoms with Crippen molar-refractivity contribution < 1.29 is 9.13 Å². The Labute approximate surface area is 138 Å². The fraction of sp³-hybridized carbons (Fsp3) is 0.0714. The maximum absolute atomic E-state index is 13.5. The standard InChI is InChI=1S/C14H9BrClFN2OS/c1-20-13-3-2-7(4-8(13)15)19-12-5-9(16)10(17)6-11(12)18-14(19)21/h2-6H,1H3,(H,18,21). The zero-order valence-electron chi connectivity index (χ0n) is 10.8. The van der Waals surface area contributed by atoms with Crippen LogP contribution < -0.4 is 4.74 Å². The normalized spacial score (nSPS) is 11.0. The predicted molar refractivity (Wildman–Crippen MR) is 87.7 cm³/mol. The molecule has 0 spiro atoms. The largest absolute Gasteiger partial charge is 0.496 e. The van der Waals surface area contributed by atoms with Crippen molar-refractivity contribution in [2.75, 3.05) is 7.11 Å². The molecule has 0 bridgehead atoms. The number of imidazole rings is 1. The summed E-state index contributed by atoms with van der Waals surface area (Å²) in [6.07, 6.45) is 0. The van der Waals surface area contributed by atoms with Crippen LogP contribution in [0.15, 0.2) is 34.8 Å². The van der Waals surface area contributed by atoms with Crippen LogP contribution in [0, 0.1) is 10.6 Å². The Bertz CT molecular complexity index is 906. The summed E-state index contributed by atoms with van der Waals surface area (Å²) >= 11 is 14.6. The second kappa shape index (κ2) is 5.44. The Morgan fingerprint density at radius 3 is 2.76 bits per heavy atom. The molecule has 0 saturated carbocycles. The highest BCUT2D eigenvalue weighted by Crippen LogP contribution is 2.30. The van der Waals surface area contributed by atoms with Gasteiger partial charge in [-0.25, -0.2) is 4.39 Å². The monoisotopic (exact) mass is 386 g/mol. The van der Waals surface area contributed by atoms with Crippen LogP contribution in [0.25, 0.3) is 16.7 Å². The van der Waals surface area contributed by atoms with E-state index in [0.29, 0.717) is 21.6 Å². The SMILES string of the molecule is COc1ccc(-n2c(=S)[nH]c3cc(F)c(Cl)cc32)cc1Br. The molecular formula is C14H9BrClFN2OS. The van der Waals surface area contributed by atoms with Crippen molar-refractivity contribution in [1.82, 2.24) is 9.55 Å². The van der Waals surface area contributed by atoms with Crippen molar-refractivity contribution in [3.05, 3.63) is 50.4 Å². The van der Waals surface area contributed by atoms with Gasteiger partial charge < -0.3 is 9.72 Å². The molecule has 0 atom stereocenters. The molecule has 21 heavy (non-hydrogen) atoms. The summed E-state index contributed by atoms with van der Waals surface area (Å²) in [7, 11) is 1.60. The maximum Gasteiger partial charge on any atom is 0.182 e. The third-order valence-corrected chi connectivity index (χ3v) is 4.31. The number of nitrogens with zero attached hydrogens (tertiary/aromatic N) is 1. The van der Waals surface area contributed by atoms with Crippen LogP contribution in [0.5, 0.6) is 5.75 Å². The van der Waals surface area contributed by atoms with Gasteiger partial charge >= 0.3 is 0 Å². The lowest BCUT2D eigenvalue weighted by atomic mass is 10.2. The summed E-state index contributed by atoms with van der Waals surface area (Å²) in [5, 5.41) is 0.0535. The van der Waals surface area contributed by atoms with E-state index in [-0.39, 0.29) is 5.02 Å². The Morgan fingerprint density at radius 2 is 2.10 bits per heavy atom. The molecule has 2 aromatic carbocycles. The van der Waals surface area contributed by atoms with Gasteiger partial charge in [-0.1, -0.05) is 11.6 Å². The fourth-order valence-electron chi connectivity index (χ4n) is 2.15. The average molecular weight is 388 g/mol. The Kier molecular flexibility index (Phi) is 3.77. The lowest BCUT2D eigenvalue weighted by Crippen LogP contribution is -1.95. The highest BCUT2D eigenvalue weighted by Gasteiger charge is 2.11. The first-order chi connectivity index (χ1) is 10.0. The maximum atomic E-state index is 13.5. The van der Waals surface area contributed by atoms with Gasteiger partial charge in [0, 0.05) is 11.8 Å². The Morgan fingerprint density at radius 1 is 1.33 bits per heavy atom. The van der Waals surface area contributed by atoms with E-state index in [0.717, 1.165) is 10.2 Å². The quantitative estimate of drug-likeness (QED) is 0.609. The van der Waals surface area contributed by atoms with Gasteiger partial charge in [0.1, 0.15) is 11.6 Å². The third kappa shape index (κ3) is 2.47. The average Bonchev–Trinajstić information content (AvgIpc) is 2.74. The smallest absolute Gasteiger partial charge is 0.182 e. The molecule has 1 aromatic heterocycles. The highest BCUT2D eigenvalue weighted by atomic mass is 79.9. The Hall–Kier alpha value is -1.37. The minimum absolute atomic E-state index is 0.0535. The number of benzene rings is 2. The summed E-state index contributed by atoms with van der Waals surface area (Å²) in [6, 6.07) is 8.45. The van der Waals surface area contributed by atoms with E-state index in [9.17, 15) is 4.39 Å². The molecule has 3 nitrogen and oxygen atoms in total. The topological polar surface area (TPSA) is 29.9 Å². The molecule has 7 heteroatoms.